The van der Waals surface area contributed by atoms with Gasteiger partial charge in [-0.15, -0.1) is 0 Å². The van der Waals surface area contributed by atoms with Gasteiger partial charge in [-0.05, 0) is 92.8 Å². The highest BCUT2D eigenvalue weighted by Gasteiger charge is 2.20. The van der Waals surface area contributed by atoms with Gasteiger partial charge in [0.1, 0.15) is 11.2 Å². The Kier molecular flexibility index (Phi) is 6.17. The van der Waals surface area contributed by atoms with E-state index < -0.39 is 0 Å². The first-order valence-electron chi connectivity index (χ1n) is 15.7. The second kappa shape index (κ2) is 10.8. The van der Waals surface area contributed by atoms with Crippen molar-refractivity contribution in [3.63, 3.8) is 0 Å². The van der Waals surface area contributed by atoms with Crippen LogP contribution in [0.1, 0.15) is 0 Å². The van der Waals surface area contributed by atoms with E-state index in [-0.39, 0.29) is 0 Å². The Morgan fingerprint density at radius 2 is 0.935 bits per heavy atom. The molecule has 0 amide bonds. The number of hydrogen-bond acceptors (Lipinski definition) is 2. The molecule has 0 bridgehead atoms. The Hall–Kier alpha value is -6.12. The molecule has 1 aromatic heterocycles. The van der Waals surface area contributed by atoms with Crippen LogP contribution in [0.15, 0.2) is 180 Å². The van der Waals surface area contributed by atoms with Crippen molar-refractivity contribution in [2.45, 2.75) is 0 Å². The Bertz CT molecular complexity index is 2530. The predicted octanol–water partition coefficient (Wildman–Crippen LogP) is 12.7. The highest BCUT2D eigenvalue weighted by Crippen LogP contribution is 2.45. The van der Waals surface area contributed by atoms with Crippen LogP contribution in [0, 0.1) is 0 Å². The average molecular weight is 588 g/mol. The molecule has 0 radical (unpaired) electrons. The summed E-state index contributed by atoms with van der Waals surface area (Å²) in [4.78, 5) is 2.40. The lowest BCUT2D eigenvalue weighted by molar-refractivity contribution is 0.669. The molecule has 0 aliphatic rings. The third kappa shape index (κ3) is 4.51. The monoisotopic (exact) mass is 587 g/mol. The highest BCUT2D eigenvalue weighted by atomic mass is 16.3. The molecule has 0 spiro atoms. The molecule has 9 rings (SSSR count). The zero-order chi connectivity index (χ0) is 30.5. The topological polar surface area (TPSA) is 16.4 Å². The SMILES string of the molecule is c1ccc(-c2ccc(N(c3ccc4oc5ccccc5c4c3)c3cc4ccccc4cc3-c3ccc4ccccc4c3)cc2)cc1. The summed E-state index contributed by atoms with van der Waals surface area (Å²) in [6.07, 6.45) is 0. The van der Waals surface area contributed by atoms with E-state index in [1.165, 1.54) is 43.8 Å². The number of furan rings is 1. The number of para-hydroxylation sites is 1. The van der Waals surface area contributed by atoms with Crippen molar-refractivity contribution >= 4 is 60.5 Å². The first kappa shape index (κ1) is 26.3. The van der Waals surface area contributed by atoms with E-state index in [2.05, 4.69) is 169 Å². The third-order valence-corrected chi connectivity index (χ3v) is 9.02. The molecule has 8 aromatic carbocycles. The largest absolute Gasteiger partial charge is 0.456 e. The fraction of sp³-hybridized carbons (Fsp3) is 0. The van der Waals surface area contributed by atoms with Gasteiger partial charge in [-0.3, -0.25) is 0 Å². The van der Waals surface area contributed by atoms with Gasteiger partial charge in [0, 0.05) is 27.7 Å². The van der Waals surface area contributed by atoms with E-state index in [0.717, 1.165) is 39.0 Å². The number of hydrogen-bond donors (Lipinski definition) is 0. The van der Waals surface area contributed by atoms with E-state index in [4.69, 9.17) is 4.42 Å². The molecule has 0 N–H and O–H groups in total. The zero-order valence-corrected chi connectivity index (χ0v) is 25.1. The summed E-state index contributed by atoms with van der Waals surface area (Å²) in [6, 6.07) is 63.0. The number of anilines is 3. The molecule has 2 heteroatoms. The van der Waals surface area contributed by atoms with Gasteiger partial charge in [-0.2, -0.15) is 0 Å². The standard InChI is InChI=1S/C44H29NO/c1-2-10-30(11-3-1)32-20-22-37(23-21-32)45(38-24-25-44-41(29-38)39-16-8-9-17-43(39)46-44)42-28-35-15-7-6-14-34(35)27-40(42)36-19-18-31-12-4-5-13-33(31)26-36/h1-29H. The summed E-state index contributed by atoms with van der Waals surface area (Å²) < 4.78 is 6.24. The van der Waals surface area contributed by atoms with E-state index in [0.29, 0.717) is 0 Å². The van der Waals surface area contributed by atoms with Gasteiger partial charge in [-0.25, -0.2) is 0 Å². The van der Waals surface area contributed by atoms with Crippen molar-refractivity contribution in [2.75, 3.05) is 4.90 Å². The first-order chi connectivity index (χ1) is 22.8. The van der Waals surface area contributed by atoms with Gasteiger partial charge in [0.15, 0.2) is 0 Å². The Labute approximate surface area is 267 Å². The molecule has 0 atom stereocenters. The molecule has 0 unspecified atom stereocenters. The summed E-state index contributed by atoms with van der Waals surface area (Å²) in [5.41, 5.74) is 9.81. The van der Waals surface area contributed by atoms with Crippen LogP contribution in [0.25, 0.3) is 65.7 Å². The second-order valence-electron chi connectivity index (χ2n) is 11.8. The highest BCUT2D eigenvalue weighted by molar-refractivity contribution is 6.07. The van der Waals surface area contributed by atoms with Crippen LogP contribution in [0.3, 0.4) is 0 Å². The minimum atomic E-state index is 0.887. The minimum Gasteiger partial charge on any atom is -0.456 e. The van der Waals surface area contributed by atoms with Crippen LogP contribution in [-0.2, 0) is 0 Å². The Balaban J connectivity index is 1.31. The minimum absolute atomic E-state index is 0.887. The van der Waals surface area contributed by atoms with Gasteiger partial charge in [-0.1, -0.05) is 121 Å². The summed E-state index contributed by atoms with van der Waals surface area (Å²) in [7, 11) is 0. The lowest BCUT2D eigenvalue weighted by atomic mass is 9.95. The maximum Gasteiger partial charge on any atom is 0.135 e. The van der Waals surface area contributed by atoms with Crippen molar-refractivity contribution in [1.29, 1.82) is 0 Å². The van der Waals surface area contributed by atoms with Crippen LogP contribution >= 0.6 is 0 Å². The van der Waals surface area contributed by atoms with E-state index in [9.17, 15) is 0 Å². The lowest BCUT2D eigenvalue weighted by Crippen LogP contribution is -2.11. The molecular weight excluding hydrogens is 558 g/mol. The van der Waals surface area contributed by atoms with Crippen LogP contribution in [0.2, 0.25) is 0 Å². The molecular formula is C44H29NO. The van der Waals surface area contributed by atoms with Gasteiger partial charge < -0.3 is 9.32 Å². The molecule has 2 nitrogen and oxygen atoms in total. The molecule has 0 fully saturated rings. The van der Waals surface area contributed by atoms with Crippen LogP contribution in [0.4, 0.5) is 17.1 Å². The average Bonchev–Trinajstić information content (AvgIpc) is 3.50. The Morgan fingerprint density at radius 1 is 0.348 bits per heavy atom. The molecule has 0 aliphatic carbocycles. The first-order valence-corrected chi connectivity index (χ1v) is 15.7. The number of nitrogens with zero attached hydrogens (tertiary/aromatic N) is 1. The molecule has 0 saturated heterocycles. The maximum atomic E-state index is 6.24. The normalized spacial score (nSPS) is 11.5. The Morgan fingerprint density at radius 3 is 1.74 bits per heavy atom. The van der Waals surface area contributed by atoms with E-state index >= 15 is 0 Å². The van der Waals surface area contributed by atoms with Crippen LogP contribution in [0.5, 0.6) is 0 Å². The van der Waals surface area contributed by atoms with Crippen molar-refractivity contribution in [1.82, 2.24) is 0 Å². The van der Waals surface area contributed by atoms with E-state index in [1.807, 2.05) is 12.1 Å². The second-order valence-corrected chi connectivity index (χ2v) is 11.8. The lowest BCUT2D eigenvalue weighted by Gasteiger charge is -2.29. The van der Waals surface area contributed by atoms with Crippen LogP contribution in [-0.4, -0.2) is 0 Å². The fourth-order valence-electron chi connectivity index (χ4n) is 6.72. The van der Waals surface area contributed by atoms with Gasteiger partial charge in [0.2, 0.25) is 0 Å². The summed E-state index contributed by atoms with van der Waals surface area (Å²) in [6.45, 7) is 0. The van der Waals surface area contributed by atoms with Crippen LogP contribution < -0.4 is 4.90 Å². The zero-order valence-electron chi connectivity index (χ0n) is 25.1. The maximum absolute atomic E-state index is 6.24. The predicted molar refractivity (Wildman–Crippen MR) is 194 cm³/mol. The number of fused-ring (bicyclic) bond motifs is 5. The molecule has 216 valence electrons. The van der Waals surface area contributed by atoms with Gasteiger partial charge in [0.05, 0.1) is 5.69 Å². The molecule has 1 heterocycles. The molecule has 46 heavy (non-hydrogen) atoms. The van der Waals surface area contributed by atoms with Crippen molar-refractivity contribution < 1.29 is 4.42 Å². The van der Waals surface area contributed by atoms with Crippen molar-refractivity contribution in [3.8, 4) is 22.3 Å². The third-order valence-electron chi connectivity index (χ3n) is 9.02. The van der Waals surface area contributed by atoms with Gasteiger partial charge in [0.25, 0.3) is 0 Å². The molecule has 9 aromatic rings. The van der Waals surface area contributed by atoms with Crippen molar-refractivity contribution in [3.05, 3.63) is 176 Å². The number of benzene rings is 8. The summed E-state index contributed by atoms with van der Waals surface area (Å²) in [5.74, 6) is 0. The summed E-state index contributed by atoms with van der Waals surface area (Å²) >= 11 is 0. The quantitative estimate of drug-likeness (QED) is 0.199. The van der Waals surface area contributed by atoms with Gasteiger partial charge >= 0.3 is 0 Å². The number of rotatable bonds is 5. The smallest absolute Gasteiger partial charge is 0.135 e. The van der Waals surface area contributed by atoms with Crippen molar-refractivity contribution in [2.24, 2.45) is 0 Å². The van der Waals surface area contributed by atoms with E-state index in [1.54, 1.807) is 0 Å². The molecule has 0 aliphatic heterocycles. The fourth-order valence-corrected chi connectivity index (χ4v) is 6.72. The summed E-state index contributed by atoms with van der Waals surface area (Å²) in [5, 5.41) is 7.09. The molecule has 0 saturated carbocycles.